The standard InChI is InChI=1S/C14H13BrFN3O/c1-7-2-12(16)11(15)6-13(7)19-14(20)8-3-9(17)5-10(18)4-8/h2-6H,17-18H2,1H3,(H,19,20). The van der Waals surface area contributed by atoms with E-state index in [1.54, 1.807) is 13.0 Å². The maximum atomic E-state index is 13.3. The Kier molecular flexibility index (Phi) is 3.94. The number of anilines is 3. The molecular weight excluding hydrogens is 325 g/mol. The van der Waals surface area contributed by atoms with Crippen LogP contribution >= 0.6 is 15.9 Å². The molecule has 0 atom stereocenters. The zero-order chi connectivity index (χ0) is 14.9. The van der Waals surface area contributed by atoms with E-state index in [1.165, 1.54) is 24.3 Å². The Morgan fingerprint density at radius 3 is 2.35 bits per heavy atom. The fourth-order valence-electron chi connectivity index (χ4n) is 1.78. The van der Waals surface area contributed by atoms with Crippen LogP contribution in [0, 0.1) is 12.7 Å². The van der Waals surface area contributed by atoms with Crippen molar-refractivity contribution in [3.05, 3.63) is 51.7 Å². The van der Waals surface area contributed by atoms with E-state index in [1.807, 2.05) is 0 Å². The van der Waals surface area contributed by atoms with E-state index in [0.29, 0.717) is 28.2 Å². The molecule has 2 rings (SSSR count). The molecule has 0 aromatic heterocycles. The van der Waals surface area contributed by atoms with Gasteiger partial charge < -0.3 is 16.8 Å². The average Bonchev–Trinajstić information content (AvgIpc) is 2.34. The summed E-state index contributed by atoms with van der Waals surface area (Å²) in [7, 11) is 0. The van der Waals surface area contributed by atoms with Crippen LogP contribution in [0.25, 0.3) is 0 Å². The van der Waals surface area contributed by atoms with Gasteiger partial charge in [0, 0.05) is 22.6 Å². The summed E-state index contributed by atoms with van der Waals surface area (Å²) < 4.78 is 13.6. The zero-order valence-electron chi connectivity index (χ0n) is 10.7. The van der Waals surface area contributed by atoms with Gasteiger partial charge in [-0.25, -0.2) is 4.39 Å². The van der Waals surface area contributed by atoms with Gasteiger partial charge in [-0.05, 0) is 58.7 Å². The highest BCUT2D eigenvalue weighted by atomic mass is 79.9. The number of nitrogens with one attached hydrogen (secondary N) is 1. The number of hydrogen-bond acceptors (Lipinski definition) is 3. The summed E-state index contributed by atoms with van der Waals surface area (Å²) in [5, 5.41) is 2.70. The van der Waals surface area contributed by atoms with Crippen molar-refractivity contribution in [3.63, 3.8) is 0 Å². The largest absolute Gasteiger partial charge is 0.399 e. The second-order valence-electron chi connectivity index (χ2n) is 4.42. The van der Waals surface area contributed by atoms with Crippen LogP contribution in [0.2, 0.25) is 0 Å². The average molecular weight is 338 g/mol. The van der Waals surface area contributed by atoms with Crippen LogP contribution < -0.4 is 16.8 Å². The molecule has 0 aliphatic rings. The van der Waals surface area contributed by atoms with E-state index >= 15 is 0 Å². The zero-order valence-corrected chi connectivity index (χ0v) is 12.3. The number of hydrogen-bond donors (Lipinski definition) is 3. The van der Waals surface area contributed by atoms with Gasteiger partial charge in [0.25, 0.3) is 5.91 Å². The van der Waals surface area contributed by atoms with Gasteiger partial charge in [0.05, 0.1) is 4.47 Å². The molecule has 0 radical (unpaired) electrons. The lowest BCUT2D eigenvalue weighted by molar-refractivity contribution is 0.102. The molecular formula is C14H13BrFN3O. The molecule has 5 N–H and O–H groups in total. The van der Waals surface area contributed by atoms with Crippen LogP contribution in [-0.2, 0) is 0 Å². The molecule has 0 aliphatic carbocycles. The minimum Gasteiger partial charge on any atom is -0.399 e. The molecule has 2 aromatic rings. The highest BCUT2D eigenvalue weighted by molar-refractivity contribution is 9.10. The van der Waals surface area contributed by atoms with Crippen LogP contribution in [0.4, 0.5) is 21.5 Å². The first kappa shape index (κ1) is 14.3. The number of carbonyl (C=O) groups is 1. The molecule has 0 bridgehead atoms. The number of nitrogens with two attached hydrogens (primary N) is 2. The van der Waals surface area contributed by atoms with Gasteiger partial charge in [-0.1, -0.05) is 0 Å². The summed E-state index contributed by atoms with van der Waals surface area (Å²) in [6.45, 7) is 1.71. The van der Waals surface area contributed by atoms with Gasteiger partial charge in [-0.2, -0.15) is 0 Å². The Balaban J connectivity index is 2.30. The van der Waals surface area contributed by atoms with Crippen molar-refractivity contribution < 1.29 is 9.18 Å². The molecule has 0 saturated carbocycles. The maximum absolute atomic E-state index is 13.3. The second kappa shape index (κ2) is 5.50. The third kappa shape index (κ3) is 3.08. The van der Waals surface area contributed by atoms with Crippen molar-refractivity contribution in [2.75, 3.05) is 16.8 Å². The predicted octanol–water partition coefficient (Wildman–Crippen LogP) is 3.31. The first-order chi connectivity index (χ1) is 9.36. The summed E-state index contributed by atoms with van der Waals surface area (Å²) >= 11 is 3.08. The number of benzene rings is 2. The molecule has 0 aliphatic heterocycles. The van der Waals surface area contributed by atoms with Crippen molar-refractivity contribution in [2.45, 2.75) is 6.92 Å². The minimum atomic E-state index is -0.381. The van der Waals surface area contributed by atoms with Crippen molar-refractivity contribution in [2.24, 2.45) is 0 Å². The van der Waals surface area contributed by atoms with Gasteiger partial charge in [-0.15, -0.1) is 0 Å². The van der Waals surface area contributed by atoms with Crippen molar-refractivity contribution in [1.82, 2.24) is 0 Å². The Morgan fingerprint density at radius 2 is 1.75 bits per heavy atom. The molecule has 0 unspecified atom stereocenters. The second-order valence-corrected chi connectivity index (χ2v) is 5.28. The molecule has 2 aromatic carbocycles. The van der Waals surface area contributed by atoms with Gasteiger partial charge >= 0.3 is 0 Å². The van der Waals surface area contributed by atoms with E-state index in [-0.39, 0.29) is 16.2 Å². The lowest BCUT2D eigenvalue weighted by Gasteiger charge is -2.10. The molecule has 1 amide bonds. The normalized spacial score (nSPS) is 10.3. The monoisotopic (exact) mass is 337 g/mol. The van der Waals surface area contributed by atoms with E-state index in [2.05, 4.69) is 21.2 Å². The van der Waals surface area contributed by atoms with Crippen LogP contribution in [0.3, 0.4) is 0 Å². The van der Waals surface area contributed by atoms with E-state index in [0.717, 1.165) is 0 Å². The molecule has 6 heteroatoms. The van der Waals surface area contributed by atoms with E-state index in [9.17, 15) is 9.18 Å². The Labute approximate surface area is 124 Å². The third-order valence-corrected chi connectivity index (χ3v) is 3.36. The van der Waals surface area contributed by atoms with Crippen LogP contribution in [0.15, 0.2) is 34.8 Å². The molecule has 0 heterocycles. The number of carbonyl (C=O) groups excluding carboxylic acids is 1. The fourth-order valence-corrected chi connectivity index (χ4v) is 2.13. The smallest absolute Gasteiger partial charge is 0.255 e. The Bertz CT molecular complexity index is 668. The lowest BCUT2D eigenvalue weighted by atomic mass is 10.1. The predicted molar refractivity (Wildman–Crippen MR) is 82.1 cm³/mol. The third-order valence-electron chi connectivity index (χ3n) is 2.76. The highest BCUT2D eigenvalue weighted by Crippen LogP contribution is 2.25. The SMILES string of the molecule is Cc1cc(F)c(Br)cc1NC(=O)c1cc(N)cc(N)c1. The van der Waals surface area contributed by atoms with Gasteiger partial charge in [0.15, 0.2) is 0 Å². The van der Waals surface area contributed by atoms with Crippen LogP contribution in [0.1, 0.15) is 15.9 Å². The molecule has 4 nitrogen and oxygen atoms in total. The number of amides is 1. The summed E-state index contributed by atoms with van der Waals surface area (Å²) in [6.07, 6.45) is 0. The highest BCUT2D eigenvalue weighted by Gasteiger charge is 2.11. The summed E-state index contributed by atoms with van der Waals surface area (Å²) in [5.74, 6) is -0.737. The van der Waals surface area contributed by atoms with Gasteiger partial charge in [0.1, 0.15) is 5.82 Å². The van der Waals surface area contributed by atoms with Crippen molar-refractivity contribution in [3.8, 4) is 0 Å². The van der Waals surface area contributed by atoms with Gasteiger partial charge in [-0.3, -0.25) is 4.79 Å². The maximum Gasteiger partial charge on any atom is 0.255 e. The summed E-state index contributed by atoms with van der Waals surface area (Å²) in [6, 6.07) is 7.47. The summed E-state index contributed by atoms with van der Waals surface area (Å²) in [5.41, 5.74) is 13.6. The summed E-state index contributed by atoms with van der Waals surface area (Å²) in [4.78, 5) is 12.1. The van der Waals surface area contributed by atoms with Crippen LogP contribution in [0.5, 0.6) is 0 Å². The van der Waals surface area contributed by atoms with Crippen molar-refractivity contribution >= 4 is 38.9 Å². The molecule has 104 valence electrons. The molecule has 20 heavy (non-hydrogen) atoms. The number of rotatable bonds is 2. The lowest BCUT2D eigenvalue weighted by Crippen LogP contribution is -2.13. The first-order valence-electron chi connectivity index (χ1n) is 5.80. The number of aryl methyl sites for hydroxylation is 1. The quantitative estimate of drug-likeness (QED) is 0.735. The number of halogens is 2. The Hall–Kier alpha value is -2.08. The number of nitrogen functional groups attached to an aromatic ring is 2. The topological polar surface area (TPSA) is 81.1 Å². The minimum absolute atomic E-state index is 0.283. The van der Waals surface area contributed by atoms with Crippen molar-refractivity contribution in [1.29, 1.82) is 0 Å². The Morgan fingerprint density at radius 1 is 1.15 bits per heavy atom. The van der Waals surface area contributed by atoms with Crippen LogP contribution in [-0.4, -0.2) is 5.91 Å². The first-order valence-corrected chi connectivity index (χ1v) is 6.59. The molecule has 0 saturated heterocycles. The molecule has 0 spiro atoms. The van der Waals surface area contributed by atoms with Gasteiger partial charge in [0.2, 0.25) is 0 Å². The molecule has 0 fully saturated rings. The van der Waals surface area contributed by atoms with E-state index in [4.69, 9.17) is 11.5 Å². The fraction of sp³-hybridized carbons (Fsp3) is 0.0714. The van der Waals surface area contributed by atoms with E-state index < -0.39 is 0 Å².